The fourth-order valence-corrected chi connectivity index (χ4v) is 8.56. The maximum Gasteiger partial charge on any atom is 0.0553 e. The molecule has 0 N–H and O–H groups in total. The summed E-state index contributed by atoms with van der Waals surface area (Å²) in [6, 6.07) is 65.0. The normalized spacial score (nSPS) is 12.1. The number of benzene rings is 10. The van der Waals surface area contributed by atoms with Gasteiger partial charge in [0.15, 0.2) is 0 Å². The van der Waals surface area contributed by atoms with E-state index in [1.165, 1.54) is 104 Å². The van der Waals surface area contributed by atoms with Crippen molar-refractivity contribution in [2.45, 2.75) is 0 Å². The number of fused-ring (bicyclic) bond motifs is 7. The topological polar surface area (TPSA) is 4.93 Å². The van der Waals surface area contributed by atoms with Crippen LogP contribution in [0.1, 0.15) is 0 Å². The molecular formula is C48H29N. The zero-order valence-electron chi connectivity index (χ0n) is 26.7. The first-order valence-electron chi connectivity index (χ1n) is 17.0. The summed E-state index contributed by atoms with van der Waals surface area (Å²) in [4.78, 5) is 0. The van der Waals surface area contributed by atoms with E-state index in [9.17, 15) is 0 Å². The number of hydrogen-bond donors (Lipinski definition) is 0. The molecule has 0 spiro atoms. The lowest BCUT2D eigenvalue weighted by Crippen LogP contribution is -1.94. The zero-order chi connectivity index (χ0) is 32.1. The van der Waals surface area contributed by atoms with Crippen LogP contribution in [0.3, 0.4) is 0 Å². The van der Waals surface area contributed by atoms with E-state index < -0.39 is 0 Å². The summed E-state index contributed by atoms with van der Waals surface area (Å²) in [7, 11) is 0. The maximum absolute atomic E-state index is 2.45. The van der Waals surface area contributed by atoms with Crippen LogP contribution in [0.25, 0.3) is 104 Å². The quantitative estimate of drug-likeness (QED) is 0.173. The van der Waals surface area contributed by atoms with Gasteiger partial charge in [-0.3, -0.25) is 0 Å². The van der Waals surface area contributed by atoms with Crippen LogP contribution in [-0.4, -0.2) is 4.57 Å². The van der Waals surface area contributed by atoms with Crippen LogP contribution in [-0.2, 0) is 0 Å². The van der Waals surface area contributed by atoms with Gasteiger partial charge < -0.3 is 4.57 Å². The molecule has 226 valence electrons. The molecule has 1 heterocycles. The minimum Gasteiger partial charge on any atom is -0.309 e. The summed E-state index contributed by atoms with van der Waals surface area (Å²) in [5.74, 6) is 0. The number of para-hydroxylation sites is 1. The van der Waals surface area contributed by atoms with E-state index >= 15 is 0 Å². The van der Waals surface area contributed by atoms with Crippen molar-refractivity contribution >= 4 is 75.7 Å². The Kier molecular flexibility index (Phi) is 5.45. The van der Waals surface area contributed by atoms with E-state index in [0.717, 1.165) is 0 Å². The van der Waals surface area contributed by atoms with Gasteiger partial charge in [0.25, 0.3) is 0 Å². The van der Waals surface area contributed by atoms with Crippen molar-refractivity contribution in [1.82, 2.24) is 4.57 Å². The lowest BCUT2D eigenvalue weighted by atomic mass is 9.88. The van der Waals surface area contributed by atoms with Crippen molar-refractivity contribution in [2.24, 2.45) is 0 Å². The number of aromatic nitrogens is 1. The second-order valence-electron chi connectivity index (χ2n) is 13.3. The van der Waals surface area contributed by atoms with Crippen molar-refractivity contribution in [2.75, 3.05) is 0 Å². The van der Waals surface area contributed by atoms with Gasteiger partial charge in [0.2, 0.25) is 0 Å². The molecule has 0 aliphatic rings. The first-order valence-corrected chi connectivity index (χ1v) is 17.0. The molecule has 0 aliphatic heterocycles. The van der Waals surface area contributed by atoms with E-state index in [2.05, 4.69) is 180 Å². The van der Waals surface area contributed by atoms with Crippen LogP contribution in [0.4, 0.5) is 0 Å². The summed E-state index contributed by atoms with van der Waals surface area (Å²) in [5.41, 5.74) is 8.59. The second kappa shape index (κ2) is 10.0. The standard InChI is InChI=1S/C48H29N/c1-2-14-36(15-3-1)49-43-27-26-30-10-4-5-16-37(30)47(43)48-39-18-7-6-17-38(39)42(29-44(48)49)32-22-20-31(21-23-32)41-28-35-13-8-11-33-24-25-34-12-9-19-40(41)46(34)45(33)35/h1-29H. The zero-order valence-corrected chi connectivity index (χ0v) is 26.7. The molecule has 49 heavy (non-hydrogen) atoms. The molecule has 0 bridgehead atoms. The molecule has 1 nitrogen and oxygen atoms in total. The minimum absolute atomic E-state index is 1.17. The monoisotopic (exact) mass is 619 g/mol. The fraction of sp³-hybridized carbons (Fsp3) is 0. The second-order valence-corrected chi connectivity index (χ2v) is 13.3. The molecule has 0 amide bonds. The maximum atomic E-state index is 2.45. The molecule has 0 saturated carbocycles. The molecule has 1 heteroatoms. The van der Waals surface area contributed by atoms with Crippen molar-refractivity contribution in [3.05, 3.63) is 176 Å². The Morgan fingerprint density at radius 1 is 0.286 bits per heavy atom. The van der Waals surface area contributed by atoms with Crippen molar-refractivity contribution < 1.29 is 0 Å². The molecule has 11 aromatic rings. The van der Waals surface area contributed by atoms with Crippen LogP contribution in [0.15, 0.2) is 176 Å². The van der Waals surface area contributed by atoms with E-state index in [4.69, 9.17) is 0 Å². The van der Waals surface area contributed by atoms with Crippen LogP contribution in [0.5, 0.6) is 0 Å². The lowest BCUT2D eigenvalue weighted by molar-refractivity contribution is 1.18. The molecule has 0 fully saturated rings. The summed E-state index contributed by atoms with van der Waals surface area (Å²) < 4.78 is 2.45. The average Bonchev–Trinajstić information content (AvgIpc) is 3.52. The average molecular weight is 620 g/mol. The lowest BCUT2D eigenvalue weighted by Gasteiger charge is -2.16. The largest absolute Gasteiger partial charge is 0.309 e. The van der Waals surface area contributed by atoms with E-state index in [-0.39, 0.29) is 0 Å². The highest BCUT2D eigenvalue weighted by molar-refractivity contribution is 6.30. The molecule has 0 saturated heterocycles. The highest BCUT2D eigenvalue weighted by Gasteiger charge is 2.20. The van der Waals surface area contributed by atoms with Gasteiger partial charge in [0.1, 0.15) is 0 Å². The third kappa shape index (κ3) is 3.76. The Balaban J connectivity index is 1.18. The third-order valence-corrected chi connectivity index (χ3v) is 10.7. The Labute approximate surface area is 283 Å². The highest BCUT2D eigenvalue weighted by atomic mass is 15.0. The minimum atomic E-state index is 1.17. The molecule has 10 aromatic carbocycles. The molecule has 0 unspecified atom stereocenters. The summed E-state index contributed by atoms with van der Waals surface area (Å²) in [6.07, 6.45) is 0. The van der Waals surface area contributed by atoms with Gasteiger partial charge in [-0.25, -0.2) is 0 Å². The first kappa shape index (κ1) is 26.6. The van der Waals surface area contributed by atoms with Crippen LogP contribution >= 0.6 is 0 Å². The predicted octanol–water partition coefficient (Wildman–Crippen LogP) is 13.3. The van der Waals surface area contributed by atoms with Crippen molar-refractivity contribution in [3.63, 3.8) is 0 Å². The summed E-state index contributed by atoms with van der Waals surface area (Å²) in [6.45, 7) is 0. The summed E-state index contributed by atoms with van der Waals surface area (Å²) in [5, 5.41) is 15.6. The van der Waals surface area contributed by atoms with Crippen molar-refractivity contribution in [1.29, 1.82) is 0 Å². The van der Waals surface area contributed by atoms with Crippen LogP contribution in [0.2, 0.25) is 0 Å². The molecule has 11 rings (SSSR count). The number of hydrogen-bond acceptors (Lipinski definition) is 0. The van der Waals surface area contributed by atoms with E-state index in [1.54, 1.807) is 0 Å². The Morgan fingerprint density at radius 3 is 1.63 bits per heavy atom. The molecule has 0 atom stereocenters. The SMILES string of the molecule is c1ccc(-n2c3ccc4ccccc4c3c3c4ccccc4c(-c4ccc(-c5cc6cccc7ccc8cccc5c8c76)cc4)cc32)cc1. The Morgan fingerprint density at radius 2 is 0.837 bits per heavy atom. The van der Waals surface area contributed by atoms with Crippen LogP contribution < -0.4 is 0 Å². The van der Waals surface area contributed by atoms with E-state index in [0.29, 0.717) is 0 Å². The van der Waals surface area contributed by atoms with Gasteiger partial charge in [-0.05, 0) is 106 Å². The predicted molar refractivity (Wildman–Crippen MR) is 210 cm³/mol. The molecular weight excluding hydrogens is 591 g/mol. The van der Waals surface area contributed by atoms with Gasteiger partial charge in [0.05, 0.1) is 11.0 Å². The van der Waals surface area contributed by atoms with Gasteiger partial charge in [0, 0.05) is 16.5 Å². The van der Waals surface area contributed by atoms with E-state index in [1.807, 2.05) is 0 Å². The van der Waals surface area contributed by atoms with Gasteiger partial charge >= 0.3 is 0 Å². The molecule has 0 aliphatic carbocycles. The van der Waals surface area contributed by atoms with Gasteiger partial charge in [-0.2, -0.15) is 0 Å². The smallest absolute Gasteiger partial charge is 0.0553 e. The summed E-state index contributed by atoms with van der Waals surface area (Å²) >= 11 is 0. The van der Waals surface area contributed by atoms with Gasteiger partial charge in [-0.15, -0.1) is 0 Å². The molecule has 1 aromatic heterocycles. The highest BCUT2D eigenvalue weighted by Crippen LogP contribution is 2.45. The first-order chi connectivity index (χ1) is 24.3. The fourth-order valence-electron chi connectivity index (χ4n) is 8.56. The van der Waals surface area contributed by atoms with Crippen molar-refractivity contribution in [3.8, 4) is 27.9 Å². The van der Waals surface area contributed by atoms with Gasteiger partial charge in [-0.1, -0.05) is 146 Å². The number of nitrogens with zero attached hydrogens (tertiary/aromatic N) is 1. The third-order valence-electron chi connectivity index (χ3n) is 10.7. The van der Waals surface area contributed by atoms with Crippen LogP contribution in [0, 0.1) is 0 Å². The Hall–Kier alpha value is -6.44. The number of rotatable bonds is 3. The Bertz CT molecular complexity index is 3070. The molecule has 0 radical (unpaired) electrons.